The molecule has 6 atom stereocenters. The van der Waals surface area contributed by atoms with Crippen molar-refractivity contribution in [1.82, 2.24) is 0 Å². The lowest BCUT2D eigenvalue weighted by Gasteiger charge is -2.40. The summed E-state index contributed by atoms with van der Waals surface area (Å²) in [6.07, 6.45) is -4.72. The highest BCUT2D eigenvalue weighted by Crippen LogP contribution is 2.35. The van der Waals surface area contributed by atoms with Gasteiger partial charge in [0, 0.05) is 5.92 Å². The first-order chi connectivity index (χ1) is 13.4. The monoisotopic (exact) mass is 386 g/mol. The number of aryl methyl sites for hydroxylation is 2. The second kappa shape index (κ2) is 8.72. The minimum atomic E-state index is -1.38. The van der Waals surface area contributed by atoms with Gasteiger partial charge >= 0.3 is 0 Å². The van der Waals surface area contributed by atoms with E-state index < -0.39 is 37.1 Å². The van der Waals surface area contributed by atoms with Gasteiger partial charge in [0.2, 0.25) is 0 Å². The third kappa shape index (κ3) is 4.00. The van der Waals surface area contributed by atoms with Gasteiger partial charge in [-0.25, -0.2) is 0 Å². The fraction of sp³-hybridized carbons (Fsp3) is 0.478. The summed E-state index contributed by atoms with van der Waals surface area (Å²) >= 11 is 0. The predicted molar refractivity (Wildman–Crippen MR) is 107 cm³/mol. The molecule has 152 valence electrons. The molecule has 5 heteroatoms. The van der Waals surface area contributed by atoms with E-state index in [1.165, 1.54) is 11.1 Å². The zero-order chi connectivity index (χ0) is 20.4. The normalized spacial score (nSPS) is 28.9. The van der Waals surface area contributed by atoms with Gasteiger partial charge in [-0.05, 0) is 41.2 Å². The quantitative estimate of drug-likeness (QED) is 0.633. The third-order valence-electron chi connectivity index (χ3n) is 5.88. The highest BCUT2D eigenvalue weighted by molar-refractivity contribution is 5.41. The summed E-state index contributed by atoms with van der Waals surface area (Å²) in [7, 11) is 0. The minimum absolute atomic E-state index is 0.149. The van der Waals surface area contributed by atoms with E-state index in [1.807, 2.05) is 25.1 Å². The molecular formula is C23H30O5. The molecular weight excluding hydrogens is 356 g/mol. The molecule has 2 aromatic rings. The summed E-state index contributed by atoms with van der Waals surface area (Å²) in [6.45, 7) is 5.89. The zero-order valence-electron chi connectivity index (χ0n) is 16.6. The van der Waals surface area contributed by atoms with Crippen LogP contribution in [-0.2, 0) is 11.2 Å². The molecule has 3 rings (SSSR count). The van der Waals surface area contributed by atoms with E-state index >= 15 is 0 Å². The number of aliphatic hydroxyl groups is 4. The van der Waals surface area contributed by atoms with Crippen molar-refractivity contribution in [3.63, 3.8) is 0 Å². The summed E-state index contributed by atoms with van der Waals surface area (Å²) in [5.74, 6) is 0.149. The first-order valence-electron chi connectivity index (χ1n) is 9.87. The van der Waals surface area contributed by atoms with Crippen LogP contribution in [0.25, 0.3) is 0 Å². The Kier molecular flexibility index (Phi) is 6.53. The van der Waals surface area contributed by atoms with Crippen molar-refractivity contribution >= 4 is 0 Å². The number of benzene rings is 2. The van der Waals surface area contributed by atoms with Crippen molar-refractivity contribution in [2.24, 2.45) is 0 Å². The molecule has 0 aromatic heterocycles. The number of ether oxygens (including phenoxy) is 1. The average molecular weight is 386 g/mol. The van der Waals surface area contributed by atoms with Crippen molar-refractivity contribution in [3.8, 4) is 0 Å². The molecule has 5 nitrogen and oxygen atoms in total. The topological polar surface area (TPSA) is 90.2 Å². The first-order valence-corrected chi connectivity index (χ1v) is 9.87. The highest BCUT2D eigenvalue weighted by atomic mass is 16.5. The lowest BCUT2D eigenvalue weighted by atomic mass is 9.85. The summed E-state index contributed by atoms with van der Waals surface area (Å²) < 4.78 is 5.72. The van der Waals surface area contributed by atoms with E-state index in [-0.39, 0.29) is 5.92 Å². The molecule has 0 bridgehead atoms. The number of hydrogen-bond donors (Lipinski definition) is 4. The van der Waals surface area contributed by atoms with Crippen LogP contribution in [0.3, 0.4) is 0 Å². The van der Waals surface area contributed by atoms with Crippen molar-refractivity contribution in [3.05, 3.63) is 70.3 Å². The van der Waals surface area contributed by atoms with Gasteiger partial charge in [-0.3, -0.25) is 0 Å². The summed E-state index contributed by atoms with van der Waals surface area (Å²) in [5, 5.41) is 40.0. The van der Waals surface area contributed by atoms with Gasteiger partial charge in [-0.2, -0.15) is 0 Å². The molecule has 0 saturated carbocycles. The molecule has 0 radical (unpaired) electrons. The third-order valence-corrected chi connectivity index (χ3v) is 5.88. The van der Waals surface area contributed by atoms with Crippen molar-refractivity contribution < 1.29 is 25.2 Å². The van der Waals surface area contributed by atoms with Crippen molar-refractivity contribution in [2.45, 2.75) is 63.6 Å². The Hall–Kier alpha value is -1.76. The van der Waals surface area contributed by atoms with E-state index in [1.54, 1.807) is 0 Å². The van der Waals surface area contributed by atoms with Crippen LogP contribution in [0.2, 0.25) is 0 Å². The van der Waals surface area contributed by atoms with E-state index in [0.717, 1.165) is 23.1 Å². The Labute approximate surface area is 166 Å². The molecule has 4 N–H and O–H groups in total. The van der Waals surface area contributed by atoms with E-state index in [4.69, 9.17) is 4.74 Å². The molecule has 1 fully saturated rings. The molecule has 1 saturated heterocycles. The van der Waals surface area contributed by atoms with E-state index in [0.29, 0.717) is 0 Å². The fourth-order valence-electron chi connectivity index (χ4n) is 3.90. The Morgan fingerprint density at radius 2 is 1.64 bits per heavy atom. The molecule has 28 heavy (non-hydrogen) atoms. The second-order valence-electron chi connectivity index (χ2n) is 7.68. The Balaban J connectivity index is 1.92. The maximum absolute atomic E-state index is 10.4. The van der Waals surface area contributed by atoms with Crippen molar-refractivity contribution in [2.75, 3.05) is 6.61 Å². The number of aliphatic hydroxyl groups excluding tert-OH is 4. The van der Waals surface area contributed by atoms with Crippen molar-refractivity contribution in [1.29, 1.82) is 0 Å². The van der Waals surface area contributed by atoms with Gasteiger partial charge in [-0.15, -0.1) is 0 Å². The van der Waals surface area contributed by atoms with Crippen LogP contribution in [0.5, 0.6) is 0 Å². The van der Waals surface area contributed by atoms with E-state index in [2.05, 4.69) is 38.1 Å². The van der Waals surface area contributed by atoms with Crippen LogP contribution in [0.1, 0.15) is 53.7 Å². The molecule has 2 aromatic carbocycles. The SMILES string of the molecule is CCc1ccc(C(C)c2cc(C3OC(CO)C(O)C(O)C3O)ccc2C)cc1. The van der Waals surface area contributed by atoms with Gasteiger partial charge in [0.15, 0.2) is 0 Å². The molecule has 0 spiro atoms. The summed E-state index contributed by atoms with van der Waals surface area (Å²) in [5.41, 5.74) is 5.45. The molecule has 0 aliphatic carbocycles. The Morgan fingerprint density at radius 3 is 2.25 bits per heavy atom. The Morgan fingerprint density at radius 1 is 0.964 bits per heavy atom. The van der Waals surface area contributed by atoms with Crippen LogP contribution in [-0.4, -0.2) is 51.4 Å². The zero-order valence-corrected chi connectivity index (χ0v) is 16.6. The fourth-order valence-corrected chi connectivity index (χ4v) is 3.90. The average Bonchev–Trinajstić information content (AvgIpc) is 2.72. The van der Waals surface area contributed by atoms with Crippen LogP contribution >= 0.6 is 0 Å². The van der Waals surface area contributed by atoms with Gasteiger partial charge < -0.3 is 25.2 Å². The smallest absolute Gasteiger partial charge is 0.113 e. The first kappa shape index (κ1) is 21.0. The van der Waals surface area contributed by atoms with Gasteiger partial charge in [0.1, 0.15) is 30.5 Å². The predicted octanol–water partition coefficient (Wildman–Crippen LogP) is 2.22. The lowest BCUT2D eigenvalue weighted by molar-refractivity contribution is -0.231. The van der Waals surface area contributed by atoms with Crippen LogP contribution in [0, 0.1) is 6.92 Å². The van der Waals surface area contributed by atoms with Gasteiger partial charge in [0.05, 0.1) is 6.61 Å². The standard InChI is InChI=1S/C23H30O5/c1-4-15-6-9-16(10-7-15)14(3)18-11-17(8-5-13(18)2)23-22(27)21(26)20(25)19(12-24)28-23/h5-11,14,19-27H,4,12H2,1-3H3. The molecule has 1 heterocycles. The summed E-state index contributed by atoms with van der Waals surface area (Å²) in [4.78, 5) is 0. The van der Waals surface area contributed by atoms with Crippen LogP contribution in [0.4, 0.5) is 0 Å². The largest absolute Gasteiger partial charge is 0.394 e. The van der Waals surface area contributed by atoms with Gasteiger partial charge in [-0.1, -0.05) is 56.3 Å². The van der Waals surface area contributed by atoms with Crippen LogP contribution in [0.15, 0.2) is 42.5 Å². The maximum atomic E-state index is 10.4. The van der Waals surface area contributed by atoms with Gasteiger partial charge in [0.25, 0.3) is 0 Å². The number of rotatable bonds is 5. The highest BCUT2D eigenvalue weighted by Gasteiger charge is 2.44. The minimum Gasteiger partial charge on any atom is -0.394 e. The number of hydrogen-bond acceptors (Lipinski definition) is 5. The summed E-state index contributed by atoms with van der Waals surface area (Å²) in [6, 6.07) is 14.4. The molecule has 1 aliphatic heterocycles. The Bertz CT molecular complexity index is 786. The molecule has 0 amide bonds. The molecule has 6 unspecified atom stereocenters. The maximum Gasteiger partial charge on any atom is 0.113 e. The molecule has 1 aliphatic rings. The van der Waals surface area contributed by atoms with Crippen LogP contribution < -0.4 is 0 Å². The second-order valence-corrected chi connectivity index (χ2v) is 7.68. The van der Waals surface area contributed by atoms with E-state index in [9.17, 15) is 20.4 Å². The lowest BCUT2D eigenvalue weighted by Crippen LogP contribution is -2.55.